The summed E-state index contributed by atoms with van der Waals surface area (Å²) in [5, 5.41) is 9.34. The van der Waals surface area contributed by atoms with E-state index in [-0.39, 0.29) is 12.7 Å². The predicted molar refractivity (Wildman–Crippen MR) is 64.3 cm³/mol. The van der Waals surface area contributed by atoms with Crippen LogP contribution in [0.4, 0.5) is 0 Å². The van der Waals surface area contributed by atoms with Gasteiger partial charge in [-0.15, -0.1) is 0 Å². The molecular formula is C13H16O5. The van der Waals surface area contributed by atoms with Gasteiger partial charge in [0.2, 0.25) is 6.79 Å². The predicted octanol–water partition coefficient (Wildman–Crippen LogP) is 2.25. The number of hydrogen-bond donors (Lipinski definition) is 1. The summed E-state index contributed by atoms with van der Waals surface area (Å²) in [7, 11) is 1.51. The van der Waals surface area contributed by atoms with E-state index in [0.29, 0.717) is 22.8 Å². The molecule has 2 rings (SSSR count). The number of carbonyl (C=O) groups is 1. The molecule has 1 aromatic carbocycles. The highest BCUT2D eigenvalue weighted by molar-refractivity contribution is 5.78. The van der Waals surface area contributed by atoms with Crippen LogP contribution in [-0.2, 0) is 4.79 Å². The van der Waals surface area contributed by atoms with Crippen LogP contribution in [0.3, 0.4) is 0 Å². The maximum atomic E-state index is 11.4. The van der Waals surface area contributed by atoms with Gasteiger partial charge in [0.25, 0.3) is 0 Å². The van der Waals surface area contributed by atoms with Crippen molar-refractivity contribution in [3.63, 3.8) is 0 Å². The lowest BCUT2D eigenvalue weighted by Gasteiger charge is -2.19. The van der Waals surface area contributed by atoms with Gasteiger partial charge < -0.3 is 19.3 Å². The van der Waals surface area contributed by atoms with Crippen molar-refractivity contribution in [2.75, 3.05) is 13.9 Å². The van der Waals surface area contributed by atoms with Gasteiger partial charge in [0.15, 0.2) is 11.5 Å². The molecule has 1 N–H and O–H groups in total. The third-order valence-electron chi connectivity index (χ3n) is 2.99. The second-order valence-corrected chi connectivity index (χ2v) is 4.51. The quantitative estimate of drug-likeness (QED) is 0.890. The molecule has 1 heterocycles. The Hall–Kier alpha value is -1.91. The molecule has 0 aromatic heterocycles. The molecular weight excluding hydrogens is 236 g/mol. The average molecular weight is 252 g/mol. The Balaban J connectivity index is 2.51. The van der Waals surface area contributed by atoms with Crippen molar-refractivity contribution in [1.29, 1.82) is 0 Å². The van der Waals surface area contributed by atoms with E-state index in [0.717, 1.165) is 0 Å². The van der Waals surface area contributed by atoms with Crippen molar-refractivity contribution in [2.45, 2.75) is 19.8 Å². The lowest BCUT2D eigenvalue weighted by molar-refractivity contribution is -0.139. The molecule has 98 valence electrons. The Morgan fingerprint density at radius 2 is 1.94 bits per heavy atom. The van der Waals surface area contributed by atoms with Crippen molar-refractivity contribution in [3.05, 3.63) is 17.7 Å². The van der Waals surface area contributed by atoms with E-state index in [1.165, 1.54) is 7.11 Å². The third-order valence-corrected chi connectivity index (χ3v) is 2.99. The standard InChI is InChI=1S/C13H16O5/c1-7(2)12(13(14)15)8-4-10-11(18-6-17-10)5-9(8)16-3/h4-5,7,12H,6H2,1-3H3,(H,14,15). The molecule has 0 aliphatic carbocycles. The van der Waals surface area contributed by atoms with Gasteiger partial charge in [-0.1, -0.05) is 13.8 Å². The minimum atomic E-state index is -0.873. The van der Waals surface area contributed by atoms with Crippen LogP contribution in [0.25, 0.3) is 0 Å². The van der Waals surface area contributed by atoms with E-state index in [1.54, 1.807) is 12.1 Å². The van der Waals surface area contributed by atoms with E-state index >= 15 is 0 Å². The highest BCUT2D eigenvalue weighted by atomic mass is 16.7. The Labute approximate surface area is 105 Å². The van der Waals surface area contributed by atoms with Crippen molar-refractivity contribution in [1.82, 2.24) is 0 Å². The van der Waals surface area contributed by atoms with Crippen LogP contribution < -0.4 is 14.2 Å². The molecule has 5 heteroatoms. The Kier molecular flexibility index (Phi) is 3.32. The lowest BCUT2D eigenvalue weighted by Crippen LogP contribution is -2.18. The Morgan fingerprint density at radius 3 is 2.44 bits per heavy atom. The van der Waals surface area contributed by atoms with Gasteiger partial charge in [-0.25, -0.2) is 0 Å². The zero-order valence-electron chi connectivity index (χ0n) is 10.6. The van der Waals surface area contributed by atoms with Crippen LogP contribution in [0, 0.1) is 5.92 Å². The normalized spacial score (nSPS) is 14.7. The van der Waals surface area contributed by atoms with Crippen molar-refractivity contribution in [3.8, 4) is 17.2 Å². The number of carboxylic acid groups (broad SMARTS) is 1. The number of benzene rings is 1. The highest BCUT2D eigenvalue weighted by Gasteiger charge is 2.29. The Morgan fingerprint density at radius 1 is 1.33 bits per heavy atom. The number of fused-ring (bicyclic) bond motifs is 1. The molecule has 0 saturated heterocycles. The zero-order valence-corrected chi connectivity index (χ0v) is 10.6. The summed E-state index contributed by atoms with van der Waals surface area (Å²) in [6.45, 7) is 3.88. The first kappa shape index (κ1) is 12.5. The first-order chi connectivity index (χ1) is 8.54. The molecule has 0 saturated carbocycles. The molecule has 0 fully saturated rings. The zero-order chi connectivity index (χ0) is 13.3. The van der Waals surface area contributed by atoms with Crippen LogP contribution in [0.15, 0.2) is 12.1 Å². The molecule has 0 amide bonds. The molecule has 1 aliphatic rings. The molecule has 1 atom stereocenters. The van der Waals surface area contributed by atoms with E-state index in [1.807, 2.05) is 13.8 Å². The molecule has 18 heavy (non-hydrogen) atoms. The van der Waals surface area contributed by atoms with Gasteiger partial charge in [0, 0.05) is 11.6 Å². The summed E-state index contributed by atoms with van der Waals surface area (Å²) >= 11 is 0. The summed E-state index contributed by atoms with van der Waals surface area (Å²) in [5.74, 6) is 0.120. The topological polar surface area (TPSA) is 65.0 Å². The van der Waals surface area contributed by atoms with Crippen LogP contribution in [-0.4, -0.2) is 25.0 Å². The van der Waals surface area contributed by atoms with Gasteiger partial charge in [-0.05, 0) is 12.0 Å². The minimum Gasteiger partial charge on any atom is -0.496 e. The fraction of sp³-hybridized carbons (Fsp3) is 0.462. The number of carboxylic acids is 1. The fourth-order valence-corrected chi connectivity index (χ4v) is 2.14. The van der Waals surface area contributed by atoms with E-state index in [9.17, 15) is 9.90 Å². The van der Waals surface area contributed by atoms with Crippen LogP contribution in [0.2, 0.25) is 0 Å². The second-order valence-electron chi connectivity index (χ2n) is 4.51. The number of aliphatic carboxylic acids is 1. The van der Waals surface area contributed by atoms with Gasteiger partial charge in [-0.2, -0.15) is 0 Å². The van der Waals surface area contributed by atoms with E-state index in [4.69, 9.17) is 14.2 Å². The number of hydrogen-bond acceptors (Lipinski definition) is 4. The van der Waals surface area contributed by atoms with E-state index < -0.39 is 11.9 Å². The van der Waals surface area contributed by atoms with Gasteiger partial charge in [-0.3, -0.25) is 4.79 Å². The van der Waals surface area contributed by atoms with Crippen molar-refractivity contribution in [2.24, 2.45) is 5.92 Å². The fourth-order valence-electron chi connectivity index (χ4n) is 2.14. The maximum Gasteiger partial charge on any atom is 0.311 e. The third kappa shape index (κ3) is 2.08. The lowest BCUT2D eigenvalue weighted by atomic mass is 9.87. The molecule has 0 bridgehead atoms. The minimum absolute atomic E-state index is 0.0447. The summed E-state index contributed by atoms with van der Waals surface area (Å²) in [5.41, 5.74) is 0.615. The summed E-state index contributed by atoms with van der Waals surface area (Å²) in [4.78, 5) is 11.4. The van der Waals surface area contributed by atoms with Crippen LogP contribution in [0.5, 0.6) is 17.2 Å². The molecule has 1 aromatic rings. The summed E-state index contributed by atoms with van der Waals surface area (Å²) < 4.78 is 15.8. The smallest absolute Gasteiger partial charge is 0.311 e. The first-order valence-corrected chi connectivity index (χ1v) is 5.75. The van der Waals surface area contributed by atoms with Gasteiger partial charge in [0.1, 0.15) is 5.75 Å². The molecule has 1 aliphatic heterocycles. The van der Waals surface area contributed by atoms with Crippen LogP contribution >= 0.6 is 0 Å². The summed E-state index contributed by atoms with van der Waals surface area (Å²) in [6.07, 6.45) is 0. The van der Waals surface area contributed by atoms with Gasteiger partial charge >= 0.3 is 5.97 Å². The number of rotatable bonds is 4. The SMILES string of the molecule is COc1cc2c(cc1C(C(=O)O)C(C)C)OCO2. The van der Waals surface area contributed by atoms with E-state index in [2.05, 4.69) is 0 Å². The van der Waals surface area contributed by atoms with Gasteiger partial charge in [0.05, 0.1) is 13.0 Å². The second kappa shape index (κ2) is 4.76. The van der Waals surface area contributed by atoms with Crippen LogP contribution in [0.1, 0.15) is 25.3 Å². The molecule has 0 spiro atoms. The molecule has 0 radical (unpaired) electrons. The Bertz CT molecular complexity index is 467. The van der Waals surface area contributed by atoms with Crippen molar-refractivity contribution >= 4 is 5.97 Å². The first-order valence-electron chi connectivity index (χ1n) is 5.75. The average Bonchev–Trinajstić information content (AvgIpc) is 2.73. The van der Waals surface area contributed by atoms with Crippen molar-refractivity contribution < 1.29 is 24.1 Å². The molecule has 1 unspecified atom stereocenters. The summed E-state index contributed by atoms with van der Waals surface area (Å²) in [6, 6.07) is 3.37. The number of methoxy groups -OCH3 is 1. The largest absolute Gasteiger partial charge is 0.496 e. The molecule has 5 nitrogen and oxygen atoms in total. The maximum absolute atomic E-state index is 11.4. The highest BCUT2D eigenvalue weighted by Crippen LogP contribution is 2.42. The monoisotopic (exact) mass is 252 g/mol. The number of ether oxygens (including phenoxy) is 3.